The third-order valence-electron chi connectivity index (χ3n) is 14.7. The molecule has 0 fully saturated rings. The van der Waals surface area contributed by atoms with E-state index in [4.69, 9.17) is 58.9 Å². The van der Waals surface area contributed by atoms with Crippen molar-refractivity contribution in [3.05, 3.63) is 163 Å². The molecule has 6 heterocycles. The Hall–Kier alpha value is -10.3. The minimum atomic E-state index is -5.27. The van der Waals surface area contributed by atoms with Gasteiger partial charge in [0.15, 0.2) is 29.0 Å². The maximum atomic E-state index is 15.8. The molecule has 0 aromatic heterocycles. The number of fused-ring (bicyclic) bond motifs is 14. The maximum absolute atomic E-state index is 15.8. The van der Waals surface area contributed by atoms with Crippen molar-refractivity contribution in [2.45, 2.75) is 54.8 Å². The number of carbonyl (C=O) groups is 7. The predicted octanol–water partition coefficient (Wildman–Crippen LogP) is 5.11. The minimum Gasteiger partial charge on any atom is -0.508 e. The summed E-state index contributed by atoms with van der Waals surface area (Å²) >= 11 is 20.3. The van der Waals surface area contributed by atoms with Gasteiger partial charge < -0.3 is 91.8 Å². The SMILES string of the molecule is N[C@@H]1C(=O)N[C@@H]2Cc3ccc(c(Cl)c3)Oc3cc4cc(c3O)Oc3ccc(cc3Cl)[C@@H](O)[C@@H]3NC(=O)[C@H](NC(=O)[C@@H]4NC(=O)[C@@H](NC2=O)c2cc(O)cc(c2)Oc2cc1ccc2OS(=O)(=O)O)c1cc(Cl)c(O)c(c1)-c1c(O)cc(O)cc1[C@H](C(=O)O)NC3=O. The molecule has 32 heteroatoms. The molecule has 0 saturated carbocycles. The average Bonchev–Trinajstić information content (AvgIpc) is 0.775. The van der Waals surface area contributed by atoms with E-state index in [2.05, 4.69) is 31.9 Å². The summed E-state index contributed by atoms with van der Waals surface area (Å²) in [7, 11) is -5.27. The molecule has 8 atom stereocenters. The number of benzene rings is 7. The van der Waals surface area contributed by atoms with Crippen LogP contribution in [0.4, 0.5) is 0 Å². The number of halogens is 3. The van der Waals surface area contributed by atoms with Gasteiger partial charge in [0, 0.05) is 35.2 Å². The van der Waals surface area contributed by atoms with Crippen molar-refractivity contribution in [3.63, 3.8) is 0 Å². The number of phenolic OH excluding ortho intramolecular Hbond substituents is 5. The Balaban J connectivity index is 1.15. The molecule has 6 aliphatic rings. The van der Waals surface area contributed by atoms with Crippen LogP contribution >= 0.6 is 34.8 Å². The molecule has 7 aromatic rings. The van der Waals surface area contributed by atoms with Crippen molar-refractivity contribution in [3.8, 4) is 80.1 Å². The van der Waals surface area contributed by atoms with E-state index in [1.807, 2.05) is 0 Å². The topological polar surface area (TPSA) is 451 Å². The van der Waals surface area contributed by atoms with Crippen LogP contribution in [0.5, 0.6) is 69.0 Å². The second-order valence-electron chi connectivity index (χ2n) is 20.7. The first-order valence-electron chi connectivity index (χ1n) is 26.3. The van der Waals surface area contributed by atoms with Crippen LogP contribution in [0, 0.1) is 0 Å². The monoisotopic (exact) mass is 1310 g/mol. The fraction of sp³-hybridized carbons (Fsp3) is 0.155. The van der Waals surface area contributed by atoms with Gasteiger partial charge in [0.25, 0.3) is 0 Å². The van der Waals surface area contributed by atoms with Crippen LogP contribution < -0.4 is 56.0 Å². The van der Waals surface area contributed by atoms with Gasteiger partial charge in [-0.3, -0.25) is 33.3 Å². The summed E-state index contributed by atoms with van der Waals surface area (Å²) in [6, 6.07) is 4.56. The zero-order valence-electron chi connectivity index (χ0n) is 45.2. The lowest BCUT2D eigenvalue weighted by Crippen LogP contribution is -2.55. The van der Waals surface area contributed by atoms with Gasteiger partial charge in [-0.25, -0.2) is 4.79 Å². The lowest BCUT2D eigenvalue weighted by molar-refractivity contribution is -0.143. The number of hydrogen-bond donors (Lipinski definition) is 15. The van der Waals surface area contributed by atoms with Gasteiger partial charge in [-0.05, 0) is 112 Å². The van der Waals surface area contributed by atoms with Crippen LogP contribution in [0.2, 0.25) is 15.1 Å². The van der Waals surface area contributed by atoms with E-state index in [1.165, 1.54) is 18.2 Å². The normalized spacial score (nSPS) is 21.6. The van der Waals surface area contributed by atoms with E-state index in [9.17, 15) is 67.9 Å². The molecule has 0 saturated heterocycles. The van der Waals surface area contributed by atoms with Crippen LogP contribution in [-0.4, -0.2) is 102 Å². The summed E-state index contributed by atoms with van der Waals surface area (Å²) in [4.78, 5) is 104. The van der Waals surface area contributed by atoms with Gasteiger partial charge in [0.2, 0.25) is 41.2 Å². The van der Waals surface area contributed by atoms with E-state index in [0.29, 0.717) is 0 Å². The first kappa shape index (κ1) is 61.4. The van der Waals surface area contributed by atoms with Crippen molar-refractivity contribution >= 4 is 86.6 Å². The number of aliphatic hydroxyl groups is 1. The summed E-state index contributed by atoms with van der Waals surface area (Å²) in [5.41, 5.74) is 3.40. The zero-order valence-corrected chi connectivity index (χ0v) is 48.3. The molecule has 7 aromatic carbocycles. The molecule has 0 radical (unpaired) electrons. The molecular weight excluding hydrogens is 1270 g/mol. The molecule has 6 aliphatic heterocycles. The summed E-state index contributed by atoms with van der Waals surface area (Å²) in [5.74, 6) is -17.0. The summed E-state index contributed by atoms with van der Waals surface area (Å²) < 4.78 is 56.8. The molecule has 16 N–H and O–H groups in total. The quantitative estimate of drug-likeness (QED) is 0.102. The molecule has 0 aliphatic carbocycles. The number of aromatic hydroxyl groups is 5. The van der Waals surface area contributed by atoms with Crippen LogP contribution in [0.3, 0.4) is 0 Å². The number of hydrogen-bond acceptors (Lipinski definition) is 20. The summed E-state index contributed by atoms with van der Waals surface area (Å²) in [6.07, 6.45) is -2.62. The highest BCUT2D eigenvalue weighted by Gasteiger charge is 2.42. The van der Waals surface area contributed by atoms with Crippen LogP contribution in [0.15, 0.2) is 109 Å². The number of carboxylic acids is 1. The Morgan fingerprint density at radius 2 is 1.11 bits per heavy atom. The lowest BCUT2D eigenvalue weighted by Gasteiger charge is -2.31. The fourth-order valence-corrected chi connectivity index (χ4v) is 11.5. The highest BCUT2D eigenvalue weighted by molar-refractivity contribution is 7.81. The molecular formula is C58H44Cl3N7O21S. The van der Waals surface area contributed by atoms with Crippen molar-refractivity contribution < 1.29 is 101 Å². The molecule has 17 bridgehead atoms. The van der Waals surface area contributed by atoms with Gasteiger partial charge in [0.05, 0.1) is 15.1 Å². The summed E-state index contributed by atoms with van der Waals surface area (Å²) in [6.45, 7) is 0. The third-order valence-corrected chi connectivity index (χ3v) is 16.0. The zero-order chi connectivity index (χ0) is 64.5. The van der Waals surface area contributed by atoms with Crippen molar-refractivity contribution in [1.82, 2.24) is 31.9 Å². The van der Waals surface area contributed by atoms with E-state index in [0.717, 1.165) is 91.0 Å². The maximum Gasteiger partial charge on any atom is 0.446 e. The molecule has 90 heavy (non-hydrogen) atoms. The van der Waals surface area contributed by atoms with Crippen LogP contribution in [0.1, 0.15) is 75.3 Å². The average molecular weight is 1310 g/mol. The van der Waals surface area contributed by atoms with Gasteiger partial charge in [-0.2, -0.15) is 8.42 Å². The van der Waals surface area contributed by atoms with E-state index >= 15 is 14.4 Å². The van der Waals surface area contributed by atoms with E-state index in [1.54, 1.807) is 0 Å². The number of phenols is 5. The Morgan fingerprint density at radius 3 is 1.74 bits per heavy atom. The number of aliphatic hydroxyl groups excluding tert-OH is 1. The molecule has 0 spiro atoms. The number of nitrogens with one attached hydrogen (secondary N) is 6. The molecule has 464 valence electrons. The highest BCUT2D eigenvalue weighted by Crippen LogP contribution is 2.49. The van der Waals surface area contributed by atoms with E-state index in [-0.39, 0.29) is 43.8 Å². The molecule has 0 unspecified atom stereocenters. The van der Waals surface area contributed by atoms with Gasteiger partial charge in [-0.1, -0.05) is 53.0 Å². The molecule has 28 nitrogen and oxygen atoms in total. The van der Waals surface area contributed by atoms with Crippen LogP contribution in [-0.2, 0) is 50.4 Å². The Labute approximate surface area is 520 Å². The predicted molar refractivity (Wildman–Crippen MR) is 310 cm³/mol. The molecule has 13 rings (SSSR count). The Kier molecular flexibility index (Phi) is 16.2. The van der Waals surface area contributed by atoms with Gasteiger partial charge in [0.1, 0.15) is 82.6 Å². The number of nitrogens with two attached hydrogens (primary N) is 1. The minimum absolute atomic E-state index is 0.0722. The Bertz CT molecular complexity index is 4390. The van der Waals surface area contributed by atoms with Crippen molar-refractivity contribution in [2.24, 2.45) is 5.73 Å². The van der Waals surface area contributed by atoms with Gasteiger partial charge >= 0.3 is 16.4 Å². The number of ether oxygens (including phenoxy) is 3. The molecule has 6 amide bonds. The number of rotatable bonds is 3. The van der Waals surface area contributed by atoms with Gasteiger partial charge in [-0.15, -0.1) is 0 Å². The smallest absolute Gasteiger partial charge is 0.446 e. The number of amides is 6. The third kappa shape index (κ3) is 12.2. The van der Waals surface area contributed by atoms with E-state index < -0.39 is 197 Å². The van der Waals surface area contributed by atoms with Crippen molar-refractivity contribution in [1.29, 1.82) is 0 Å². The number of carbonyl (C=O) groups excluding carboxylic acids is 6. The second kappa shape index (κ2) is 23.7. The summed E-state index contributed by atoms with van der Waals surface area (Å²) in [5, 5.41) is 93.3. The Morgan fingerprint density at radius 1 is 0.544 bits per heavy atom. The number of carboxylic acid groups (broad SMARTS) is 1. The first-order chi connectivity index (χ1) is 42.6. The lowest BCUT2D eigenvalue weighted by atomic mass is 9.89. The highest BCUT2D eigenvalue weighted by atomic mass is 35.5. The van der Waals surface area contributed by atoms with Crippen molar-refractivity contribution in [2.75, 3.05) is 0 Å². The standard InChI is InChI=1S/C58H44Cl3N7O21S/c59-31-7-20-1-4-36(31)87-40-15-25-16-41(51(40)74)88-37-5-3-22(12-32(37)60)49(72)48-57(80)67-47(58(81)82)29-18-27(70)19-35(71)42(29)30-11-24(13-33(61)50(30)73)45(56(79)68-48)65-55(78)46(25)66-54(77)44-23-9-26(69)17-28(10-23)86-39-14-21(2-6-38(39)89-90(83,84)85)43(62)53(76)63-34(8-20)52(75)64-44/h1-7,9-19,34,43-49,69-74H,8,62H2,(H,63,76)(H,64,75)(H,65,78)(H,66,77)(H,67,80)(H,68,79)(H,81,82)(H,83,84,85)/t34-,43+,44+,45-,46-,47-,48+,49-/m1/s1. The first-order valence-corrected chi connectivity index (χ1v) is 28.8. The largest absolute Gasteiger partial charge is 0.508 e. The fourth-order valence-electron chi connectivity index (χ4n) is 10.4. The van der Waals surface area contributed by atoms with Crippen LogP contribution in [0.25, 0.3) is 11.1 Å². The number of aliphatic carboxylic acids is 1. The second-order valence-corrected chi connectivity index (χ2v) is 23.0.